The first-order valence-electron chi connectivity index (χ1n) is 9.82. The minimum atomic E-state index is -0.257. The van der Waals surface area contributed by atoms with Gasteiger partial charge in [0.15, 0.2) is 6.04 Å². The van der Waals surface area contributed by atoms with E-state index in [1.54, 1.807) is 37.4 Å². The Kier molecular flexibility index (Phi) is 6.81. The summed E-state index contributed by atoms with van der Waals surface area (Å²) in [6.07, 6.45) is 0. The molecule has 0 spiro atoms. The Morgan fingerprint density at radius 3 is 2.66 bits per heavy atom. The topological polar surface area (TPSA) is 71.0 Å². The standard InChI is InChI=1S/C22H25FN4O2/c1-16(22(28)25-20-6-4-3-5-17(20)14-24)27-11-9-26(10-12-27)15-18-13-19(23)7-8-21(18)29-2/h3-8,13,16H,9-12,15H2,1-2H3,(H,25,28)/p+2/t16-/m0/s1. The summed E-state index contributed by atoms with van der Waals surface area (Å²) in [6.45, 7) is 6.09. The van der Waals surface area contributed by atoms with Crippen molar-refractivity contribution in [2.45, 2.75) is 19.5 Å². The van der Waals surface area contributed by atoms with Crippen molar-refractivity contribution in [3.05, 3.63) is 59.4 Å². The summed E-state index contributed by atoms with van der Waals surface area (Å²) in [5.74, 6) is 0.364. The van der Waals surface area contributed by atoms with E-state index in [4.69, 9.17) is 4.74 Å². The van der Waals surface area contributed by atoms with Gasteiger partial charge in [-0.1, -0.05) is 12.1 Å². The average Bonchev–Trinajstić information content (AvgIpc) is 2.74. The van der Waals surface area contributed by atoms with Gasteiger partial charge in [0.05, 0.1) is 23.9 Å². The number of nitrogens with zero attached hydrogens (tertiary/aromatic N) is 1. The van der Waals surface area contributed by atoms with Gasteiger partial charge in [-0.15, -0.1) is 0 Å². The lowest BCUT2D eigenvalue weighted by Gasteiger charge is -2.32. The maximum Gasteiger partial charge on any atom is 0.282 e. The number of halogens is 1. The minimum absolute atomic E-state index is 0.0852. The second-order valence-corrected chi connectivity index (χ2v) is 7.41. The highest BCUT2D eigenvalue weighted by Gasteiger charge is 2.31. The monoisotopic (exact) mass is 398 g/mol. The Morgan fingerprint density at radius 1 is 1.24 bits per heavy atom. The van der Waals surface area contributed by atoms with Crippen LogP contribution in [0.1, 0.15) is 18.1 Å². The van der Waals surface area contributed by atoms with Crippen molar-refractivity contribution in [1.82, 2.24) is 0 Å². The Labute approximate surface area is 170 Å². The van der Waals surface area contributed by atoms with Crippen molar-refractivity contribution in [2.75, 3.05) is 38.6 Å². The first kappa shape index (κ1) is 20.8. The van der Waals surface area contributed by atoms with Crippen LogP contribution in [0.15, 0.2) is 42.5 Å². The number of rotatable bonds is 6. The molecule has 1 atom stereocenters. The average molecular weight is 398 g/mol. The van der Waals surface area contributed by atoms with E-state index >= 15 is 0 Å². The molecule has 29 heavy (non-hydrogen) atoms. The van der Waals surface area contributed by atoms with Gasteiger partial charge in [-0.25, -0.2) is 4.39 Å². The van der Waals surface area contributed by atoms with Crippen LogP contribution in [0.4, 0.5) is 10.1 Å². The van der Waals surface area contributed by atoms with Gasteiger partial charge in [-0.3, -0.25) is 4.79 Å². The normalized spacial score (nSPS) is 19.8. The molecule has 1 aliphatic heterocycles. The maximum atomic E-state index is 13.6. The number of quaternary nitrogens is 2. The van der Waals surface area contributed by atoms with Crippen molar-refractivity contribution in [1.29, 1.82) is 5.26 Å². The summed E-state index contributed by atoms with van der Waals surface area (Å²) >= 11 is 0. The predicted molar refractivity (Wildman–Crippen MR) is 107 cm³/mol. The predicted octanol–water partition coefficient (Wildman–Crippen LogP) is 0.0166. The molecule has 6 nitrogen and oxygen atoms in total. The zero-order chi connectivity index (χ0) is 20.8. The Morgan fingerprint density at radius 2 is 1.97 bits per heavy atom. The van der Waals surface area contributed by atoms with E-state index in [2.05, 4.69) is 11.4 Å². The first-order valence-corrected chi connectivity index (χ1v) is 9.82. The number of benzene rings is 2. The molecular weight excluding hydrogens is 371 g/mol. The van der Waals surface area contributed by atoms with Crippen molar-refractivity contribution in [3.63, 3.8) is 0 Å². The van der Waals surface area contributed by atoms with Crippen LogP contribution in [0, 0.1) is 17.1 Å². The molecule has 1 aliphatic rings. The molecule has 1 heterocycles. The van der Waals surface area contributed by atoms with Crippen LogP contribution in [-0.4, -0.2) is 45.2 Å². The van der Waals surface area contributed by atoms with Crippen LogP contribution in [0.5, 0.6) is 5.75 Å². The maximum absolute atomic E-state index is 13.6. The molecule has 0 radical (unpaired) electrons. The van der Waals surface area contributed by atoms with E-state index < -0.39 is 0 Å². The fraction of sp³-hybridized carbons (Fsp3) is 0.364. The molecule has 3 N–H and O–H groups in total. The van der Waals surface area contributed by atoms with Crippen LogP contribution >= 0.6 is 0 Å². The van der Waals surface area contributed by atoms with Crippen LogP contribution < -0.4 is 19.9 Å². The fourth-order valence-corrected chi connectivity index (χ4v) is 3.81. The van der Waals surface area contributed by atoms with Gasteiger partial charge in [-0.05, 0) is 37.3 Å². The lowest BCUT2D eigenvalue weighted by Crippen LogP contribution is -3.29. The van der Waals surface area contributed by atoms with E-state index in [1.807, 2.05) is 6.92 Å². The molecule has 152 valence electrons. The lowest BCUT2D eigenvalue weighted by atomic mass is 10.1. The highest BCUT2D eigenvalue weighted by atomic mass is 19.1. The van der Waals surface area contributed by atoms with Crippen molar-refractivity contribution < 1.29 is 23.7 Å². The highest BCUT2D eigenvalue weighted by molar-refractivity contribution is 5.94. The van der Waals surface area contributed by atoms with E-state index in [0.29, 0.717) is 23.5 Å². The lowest BCUT2D eigenvalue weighted by molar-refractivity contribution is -1.02. The van der Waals surface area contributed by atoms with E-state index in [9.17, 15) is 14.4 Å². The Balaban J connectivity index is 1.55. The van der Waals surface area contributed by atoms with Crippen molar-refractivity contribution >= 4 is 11.6 Å². The molecular formula is C22H27FN4O2+2. The van der Waals surface area contributed by atoms with Crippen molar-refractivity contribution in [3.8, 4) is 11.8 Å². The molecule has 0 aromatic heterocycles. The molecule has 0 aliphatic carbocycles. The van der Waals surface area contributed by atoms with Crippen LogP contribution in [-0.2, 0) is 11.3 Å². The number of nitriles is 1. The van der Waals surface area contributed by atoms with Crippen LogP contribution in [0.25, 0.3) is 0 Å². The molecule has 1 saturated heterocycles. The molecule has 2 aromatic rings. The van der Waals surface area contributed by atoms with Gasteiger partial charge in [0.25, 0.3) is 5.91 Å². The molecule has 2 aromatic carbocycles. The van der Waals surface area contributed by atoms with E-state index in [-0.39, 0.29) is 17.8 Å². The molecule has 0 bridgehead atoms. The number of carbonyl (C=O) groups excluding carboxylic acids is 1. The summed E-state index contributed by atoms with van der Waals surface area (Å²) in [5, 5.41) is 12.1. The third-order valence-electron chi connectivity index (χ3n) is 5.59. The quantitative estimate of drug-likeness (QED) is 0.642. The molecule has 3 rings (SSSR count). The minimum Gasteiger partial charge on any atom is -0.496 e. The third kappa shape index (κ3) is 5.11. The van der Waals surface area contributed by atoms with Gasteiger partial charge in [0, 0.05) is 0 Å². The fourth-order valence-electron chi connectivity index (χ4n) is 3.81. The van der Waals surface area contributed by atoms with Crippen LogP contribution in [0.3, 0.4) is 0 Å². The molecule has 7 heteroatoms. The number of piperazine rings is 1. The summed E-state index contributed by atoms with van der Waals surface area (Å²) < 4.78 is 18.9. The van der Waals surface area contributed by atoms with Crippen molar-refractivity contribution in [2.24, 2.45) is 0 Å². The molecule has 1 amide bonds. The summed E-state index contributed by atoms with van der Waals surface area (Å²) in [5.41, 5.74) is 1.87. The number of nitrogens with one attached hydrogen (secondary N) is 3. The van der Waals surface area contributed by atoms with Gasteiger partial charge >= 0.3 is 0 Å². The van der Waals surface area contributed by atoms with Gasteiger partial charge in [0.2, 0.25) is 0 Å². The summed E-state index contributed by atoms with van der Waals surface area (Å²) in [4.78, 5) is 15.2. The first-order chi connectivity index (χ1) is 14.0. The highest BCUT2D eigenvalue weighted by Crippen LogP contribution is 2.18. The number of amides is 1. The number of para-hydroxylation sites is 1. The smallest absolute Gasteiger partial charge is 0.282 e. The van der Waals surface area contributed by atoms with Gasteiger partial charge in [0.1, 0.15) is 50.4 Å². The number of anilines is 1. The zero-order valence-corrected chi connectivity index (χ0v) is 16.8. The molecule has 1 fully saturated rings. The van der Waals surface area contributed by atoms with E-state index in [1.165, 1.54) is 21.9 Å². The number of carbonyl (C=O) groups is 1. The second-order valence-electron chi connectivity index (χ2n) is 7.41. The molecule has 0 unspecified atom stereocenters. The van der Waals surface area contributed by atoms with Gasteiger partial charge < -0.3 is 19.9 Å². The zero-order valence-electron chi connectivity index (χ0n) is 16.8. The Bertz CT molecular complexity index is 904. The second kappa shape index (κ2) is 9.50. The largest absolute Gasteiger partial charge is 0.496 e. The third-order valence-corrected chi connectivity index (χ3v) is 5.59. The number of hydrogen-bond donors (Lipinski definition) is 3. The number of hydrogen-bond acceptors (Lipinski definition) is 3. The SMILES string of the molecule is COc1ccc(F)cc1C[NH+]1CC[NH+]([C@@H](C)C(=O)Nc2ccccc2C#N)CC1. The number of ether oxygens (including phenoxy) is 1. The van der Waals surface area contributed by atoms with Gasteiger partial charge in [-0.2, -0.15) is 5.26 Å². The number of methoxy groups -OCH3 is 1. The summed E-state index contributed by atoms with van der Waals surface area (Å²) in [7, 11) is 1.60. The Hall–Kier alpha value is -2.95. The summed E-state index contributed by atoms with van der Waals surface area (Å²) in [6, 6.07) is 13.5. The van der Waals surface area contributed by atoms with Crippen LogP contribution in [0.2, 0.25) is 0 Å². The van der Waals surface area contributed by atoms with E-state index in [0.717, 1.165) is 31.7 Å². The molecule has 0 saturated carbocycles.